The zero-order valence-electron chi connectivity index (χ0n) is 11.5. The highest BCUT2D eigenvalue weighted by molar-refractivity contribution is 6.07. The first-order valence-corrected chi connectivity index (χ1v) is 6.10. The van der Waals surface area contributed by atoms with Crippen molar-refractivity contribution in [2.45, 2.75) is 0 Å². The summed E-state index contributed by atoms with van der Waals surface area (Å²) in [6.45, 7) is 0. The Balaban J connectivity index is 3.00. The van der Waals surface area contributed by atoms with Crippen LogP contribution < -0.4 is 17.0 Å². The van der Waals surface area contributed by atoms with Crippen LogP contribution in [0.5, 0.6) is 0 Å². The van der Waals surface area contributed by atoms with Crippen LogP contribution in [0.2, 0.25) is 0 Å². The van der Waals surface area contributed by atoms with E-state index in [4.69, 9.17) is 16.7 Å². The third-order valence-electron chi connectivity index (χ3n) is 3.13. The number of nitriles is 1. The second kappa shape index (κ2) is 5.53. The van der Waals surface area contributed by atoms with E-state index in [1.54, 1.807) is 6.07 Å². The minimum absolute atomic E-state index is 0.00836. The number of H-pyrrole nitrogens is 1. The van der Waals surface area contributed by atoms with Crippen molar-refractivity contribution in [3.8, 4) is 17.2 Å². The average Bonchev–Trinajstić information content (AvgIpc) is 2.45. The Hall–Kier alpha value is -3.80. The first-order chi connectivity index (χ1) is 10.8. The fourth-order valence-electron chi connectivity index (χ4n) is 2.14. The van der Waals surface area contributed by atoms with Crippen molar-refractivity contribution in [3.63, 3.8) is 0 Å². The number of hydrogen-bond donors (Lipinski definition) is 5. The molecule has 9 nitrogen and oxygen atoms in total. The number of nitrogens with two attached hydrogens (primary N) is 2. The number of aromatic carboxylic acids is 2. The predicted molar refractivity (Wildman–Crippen MR) is 80.0 cm³/mol. The molecule has 0 spiro atoms. The topological polar surface area (TPSA) is 183 Å². The molecule has 0 amide bonds. The number of nitrogens with zero attached hydrogens (tertiary/aromatic N) is 1. The van der Waals surface area contributed by atoms with Crippen molar-refractivity contribution in [2.24, 2.45) is 0 Å². The summed E-state index contributed by atoms with van der Waals surface area (Å²) in [5.41, 5.74) is 8.47. The summed E-state index contributed by atoms with van der Waals surface area (Å²) in [7, 11) is 0. The Bertz CT molecular complexity index is 939. The SMILES string of the molecule is N#Cc1cc(-c2c(C(=O)O)c(N)[nH]c(=O)c2C(=O)O)ccc1N. The van der Waals surface area contributed by atoms with Crippen LogP contribution in [0.4, 0.5) is 11.5 Å². The molecule has 9 heteroatoms. The van der Waals surface area contributed by atoms with E-state index >= 15 is 0 Å². The lowest BCUT2D eigenvalue weighted by molar-refractivity contribution is 0.0695. The van der Waals surface area contributed by atoms with Gasteiger partial charge in [-0.3, -0.25) is 4.79 Å². The third kappa shape index (κ3) is 2.56. The number of benzene rings is 1. The molecule has 1 aromatic heterocycles. The Kier molecular flexibility index (Phi) is 3.75. The highest BCUT2D eigenvalue weighted by atomic mass is 16.4. The van der Waals surface area contributed by atoms with Crippen LogP contribution in [-0.4, -0.2) is 27.1 Å². The van der Waals surface area contributed by atoms with Gasteiger partial charge in [0.25, 0.3) is 5.56 Å². The second-order valence-corrected chi connectivity index (χ2v) is 4.52. The van der Waals surface area contributed by atoms with Gasteiger partial charge in [0.2, 0.25) is 0 Å². The van der Waals surface area contributed by atoms with Gasteiger partial charge >= 0.3 is 11.9 Å². The van der Waals surface area contributed by atoms with Crippen molar-refractivity contribution in [3.05, 3.63) is 45.2 Å². The summed E-state index contributed by atoms with van der Waals surface area (Å²) in [5, 5.41) is 27.5. The van der Waals surface area contributed by atoms with E-state index < -0.39 is 34.4 Å². The summed E-state index contributed by atoms with van der Waals surface area (Å²) >= 11 is 0. The van der Waals surface area contributed by atoms with E-state index in [2.05, 4.69) is 0 Å². The standard InChI is InChI=1S/C14H10N4O5/c15-4-6-3-5(1-2-7(6)16)8-9(13(20)21)11(17)18-12(19)10(8)14(22)23/h1-3H,16H2,(H,20,21)(H,22,23)(H3,17,18,19). The minimum atomic E-state index is -1.63. The lowest BCUT2D eigenvalue weighted by Crippen LogP contribution is -2.24. The van der Waals surface area contributed by atoms with E-state index in [0.717, 1.165) is 0 Å². The zero-order valence-corrected chi connectivity index (χ0v) is 11.5. The van der Waals surface area contributed by atoms with Gasteiger partial charge in [-0.25, -0.2) is 9.59 Å². The van der Waals surface area contributed by atoms with Crippen molar-refractivity contribution < 1.29 is 19.8 Å². The van der Waals surface area contributed by atoms with Crippen molar-refractivity contribution in [2.75, 3.05) is 11.5 Å². The number of carboxylic acid groups (broad SMARTS) is 2. The fourth-order valence-corrected chi connectivity index (χ4v) is 2.14. The molecule has 0 radical (unpaired) electrons. The van der Waals surface area contributed by atoms with Gasteiger partial charge in [0, 0.05) is 11.3 Å². The van der Waals surface area contributed by atoms with Crippen molar-refractivity contribution >= 4 is 23.4 Å². The molecule has 0 fully saturated rings. The second-order valence-electron chi connectivity index (χ2n) is 4.52. The smallest absolute Gasteiger partial charge is 0.342 e. The van der Waals surface area contributed by atoms with E-state index in [1.807, 2.05) is 4.98 Å². The molecule has 0 saturated heterocycles. The number of rotatable bonds is 3. The average molecular weight is 314 g/mol. The van der Waals surface area contributed by atoms with Gasteiger partial charge in [-0.2, -0.15) is 5.26 Å². The highest BCUT2D eigenvalue weighted by Crippen LogP contribution is 2.30. The number of aromatic amines is 1. The molecule has 0 bridgehead atoms. The molecule has 0 aliphatic carbocycles. The fraction of sp³-hybridized carbons (Fsp3) is 0. The Morgan fingerprint density at radius 3 is 2.26 bits per heavy atom. The molecule has 0 unspecified atom stereocenters. The summed E-state index contributed by atoms with van der Waals surface area (Å²) in [6.07, 6.45) is 0. The lowest BCUT2D eigenvalue weighted by Gasteiger charge is -2.12. The number of anilines is 2. The molecular formula is C14H10N4O5. The van der Waals surface area contributed by atoms with Crippen LogP contribution in [0.1, 0.15) is 26.3 Å². The van der Waals surface area contributed by atoms with Gasteiger partial charge in [-0.05, 0) is 17.7 Å². The van der Waals surface area contributed by atoms with Crippen molar-refractivity contribution in [1.82, 2.24) is 4.98 Å². The number of pyridine rings is 1. The molecule has 2 aromatic rings. The number of nitrogens with one attached hydrogen (secondary N) is 1. The molecule has 2 rings (SSSR count). The number of nitrogen functional groups attached to an aromatic ring is 2. The monoisotopic (exact) mass is 314 g/mol. The van der Waals surface area contributed by atoms with Crippen molar-refractivity contribution in [1.29, 1.82) is 5.26 Å². The van der Waals surface area contributed by atoms with Gasteiger partial charge in [0.1, 0.15) is 23.0 Å². The summed E-state index contributed by atoms with van der Waals surface area (Å²) < 4.78 is 0. The number of carbonyl (C=O) groups is 2. The molecule has 0 atom stereocenters. The minimum Gasteiger partial charge on any atom is -0.478 e. The molecule has 116 valence electrons. The third-order valence-corrected chi connectivity index (χ3v) is 3.13. The number of carboxylic acids is 2. The number of aromatic nitrogens is 1. The van der Waals surface area contributed by atoms with Crippen LogP contribution in [0.3, 0.4) is 0 Å². The van der Waals surface area contributed by atoms with E-state index in [1.165, 1.54) is 18.2 Å². The molecule has 1 heterocycles. The predicted octanol–water partition coefficient (Wildman–Crippen LogP) is 0.474. The zero-order chi connectivity index (χ0) is 17.3. The van der Waals surface area contributed by atoms with Gasteiger partial charge in [0.15, 0.2) is 0 Å². The largest absolute Gasteiger partial charge is 0.478 e. The Morgan fingerprint density at radius 1 is 1.13 bits per heavy atom. The summed E-state index contributed by atoms with van der Waals surface area (Å²) in [6, 6.07) is 5.61. The van der Waals surface area contributed by atoms with Crippen LogP contribution in [0.25, 0.3) is 11.1 Å². The molecule has 0 saturated carbocycles. The Labute approximate surface area is 128 Å². The van der Waals surface area contributed by atoms with Gasteiger partial charge in [-0.1, -0.05) is 6.07 Å². The van der Waals surface area contributed by atoms with Crippen LogP contribution in [0.15, 0.2) is 23.0 Å². The first-order valence-electron chi connectivity index (χ1n) is 6.10. The van der Waals surface area contributed by atoms with Gasteiger partial charge in [-0.15, -0.1) is 0 Å². The molecular weight excluding hydrogens is 304 g/mol. The Morgan fingerprint density at radius 2 is 1.74 bits per heavy atom. The van der Waals surface area contributed by atoms with Crippen LogP contribution >= 0.6 is 0 Å². The van der Waals surface area contributed by atoms with E-state index in [-0.39, 0.29) is 22.4 Å². The number of hydrogen-bond acceptors (Lipinski definition) is 6. The lowest BCUT2D eigenvalue weighted by atomic mass is 9.94. The van der Waals surface area contributed by atoms with E-state index in [9.17, 15) is 24.6 Å². The maximum absolute atomic E-state index is 11.9. The summed E-state index contributed by atoms with van der Waals surface area (Å²) in [4.78, 5) is 36.7. The van der Waals surface area contributed by atoms with Gasteiger partial charge < -0.3 is 26.7 Å². The maximum atomic E-state index is 11.9. The molecule has 0 aliphatic rings. The quantitative estimate of drug-likeness (QED) is 0.506. The summed E-state index contributed by atoms with van der Waals surface area (Å²) in [5.74, 6) is -3.64. The van der Waals surface area contributed by atoms with Gasteiger partial charge in [0.05, 0.1) is 5.56 Å². The maximum Gasteiger partial charge on any atom is 0.342 e. The molecule has 1 aromatic carbocycles. The molecule has 23 heavy (non-hydrogen) atoms. The first kappa shape index (κ1) is 15.6. The molecule has 7 N–H and O–H groups in total. The van der Waals surface area contributed by atoms with E-state index in [0.29, 0.717) is 0 Å². The van der Waals surface area contributed by atoms with Crippen LogP contribution in [0, 0.1) is 11.3 Å². The molecule has 0 aliphatic heterocycles. The normalized spacial score (nSPS) is 10.0. The van der Waals surface area contributed by atoms with Crippen LogP contribution in [-0.2, 0) is 0 Å². The highest BCUT2D eigenvalue weighted by Gasteiger charge is 2.26.